The average Bonchev–Trinajstić information content (AvgIpc) is 2.68. The summed E-state index contributed by atoms with van der Waals surface area (Å²) in [5.41, 5.74) is 1.40. The van der Waals surface area contributed by atoms with Crippen LogP contribution in [0.25, 0.3) is 0 Å². The van der Waals surface area contributed by atoms with Gasteiger partial charge in [0.2, 0.25) is 0 Å². The number of nitrogens with one attached hydrogen (secondary N) is 1. The zero-order chi connectivity index (χ0) is 9.38. The van der Waals surface area contributed by atoms with E-state index < -0.39 is 0 Å². The van der Waals surface area contributed by atoms with E-state index in [1.54, 1.807) is 0 Å². The summed E-state index contributed by atoms with van der Waals surface area (Å²) in [5.74, 6) is 0.935. The summed E-state index contributed by atoms with van der Waals surface area (Å²) < 4.78 is 2.35. The molecule has 0 bridgehead atoms. The molecule has 14 heavy (non-hydrogen) atoms. The molecule has 1 saturated carbocycles. The predicted molar refractivity (Wildman–Crippen MR) is 54.9 cm³/mol. The number of aromatic nitrogens is 2. The van der Waals surface area contributed by atoms with Crippen LogP contribution in [0.1, 0.15) is 37.4 Å². The third kappa shape index (κ3) is 1.57. The summed E-state index contributed by atoms with van der Waals surface area (Å²) in [6, 6.07) is 0.566. The first kappa shape index (κ1) is 8.48. The van der Waals surface area contributed by atoms with Crippen molar-refractivity contribution in [2.24, 2.45) is 5.92 Å². The molecular formula is C11H17N3. The molecule has 2 heterocycles. The number of imidazole rings is 1. The Morgan fingerprint density at radius 2 is 2.36 bits per heavy atom. The third-order valence-electron chi connectivity index (χ3n) is 3.31. The van der Waals surface area contributed by atoms with E-state index in [4.69, 9.17) is 0 Å². The predicted octanol–water partition coefficient (Wildman–Crippen LogP) is 1.72. The van der Waals surface area contributed by atoms with Gasteiger partial charge in [-0.25, -0.2) is 4.98 Å². The summed E-state index contributed by atoms with van der Waals surface area (Å²) in [6.07, 6.45) is 9.43. The summed E-state index contributed by atoms with van der Waals surface area (Å²) in [6.45, 7) is 2.35. The molecule has 2 fully saturated rings. The second kappa shape index (κ2) is 3.39. The van der Waals surface area contributed by atoms with Gasteiger partial charge < -0.3 is 9.88 Å². The summed E-state index contributed by atoms with van der Waals surface area (Å²) in [7, 11) is 0. The molecule has 1 aliphatic carbocycles. The largest absolute Gasteiger partial charge is 0.333 e. The molecule has 1 atom stereocenters. The fourth-order valence-corrected chi connectivity index (χ4v) is 2.29. The van der Waals surface area contributed by atoms with Gasteiger partial charge in [-0.05, 0) is 38.1 Å². The highest BCUT2D eigenvalue weighted by molar-refractivity contribution is 5.07. The van der Waals surface area contributed by atoms with Crippen molar-refractivity contribution in [2.45, 2.75) is 38.3 Å². The van der Waals surface area contributed by atoms with E-state index in [-0.39, 0.29) is 0 Å². The molecule has 76 valence electrons. The van der Waals surface area contributed by atoms with Crippen LogP contribution in [0.2, 0.25) is 0 Å². The third-order valence-corrected chi connectivity index (χ3v) is 3.31. The van der Waals surface area contributed by atoms with Crippen molar-refractivity contribution in [3.63, 3.8) is 0 Å². The molecular weight excluding hydrogens is 174 g/mol. The molecule has 0 spiro atoms. The Hall–Kier alpha value is -0.830. The zero-order valence-corrected chi connectivity index (χ0v) is 8.45. The lowest BCUT2D eigenvalue weighted by Crippen LogP contribution is -2.17. The second-order valence-corrected chi connectivity index (χ2v) is 4.56. The van der Waals surface area contributed by atoms with Crippen molar-refractivity contribution >= 4 is 0 Å². The van der Waals surface area contributed by atoms with Crippen molar-refractivity contribution in [1.82, 2.24) is 14.9 Å². The lowest BCUT2D eigenvalue weighted by molar-refractivity contribution is 0.539. The van der Waals surface area contributed by atoms with E-state index in [1.165, 1.54) is 44.5 Å². The van der Waals surface area contributed by atoms with Crippen molar-refractivity contribution < 1.29 is 0 Å². The molecule has 0 aromatic carbocycles. The number of rotatable bonds is 3. The molecule has 1 aromatic heterocycles. The van der Waals surface area contributed by atoms with Gasteiger partial charge in [-0.15, -0.1) is 0 Å². The van der Waals surface area contributed by atoms with Crippen LogP contribution in [0.3, 0.4) is 0 Å². The van der Waals surface area contributed by atoms with Crippen LogP contribution >= 0.6 is 0 Å². The van der Waals surface area contributed by atoms with Gasteiger partial charge in [0.1, 0.15) is 0 Å². The Morgan fingerprint density at radius 1 is 1.43 bits per heavy atom. The fourth-order valence-electron chi connectivity index (χ4n) is 2.29. The smallest absolute Gasteiger partial charge is 0.0948 e. The zero-order valence-electron chi connectivity index (χ0n) is 8.45. The Bertz CT molecular complexity index is 308. The molecule has 0 radical (unpaired) electrons. The first-order chi connectivity index (χ1) is 6.93. The first-order valence-electron chi connectivity index (χ1n) is 5.67. The standard InChI is InChI=1S/C11H17N3/c1-2-10(13-5-1)11-6-12-8-14(11)7-9-3-4-9/h6,8-10,13H,1-5,7H2. The monoisotopic (exact) mass is 191 g/mol. The topological polar surface area (TPSA) is 29.9 Å². The Labute approximate surface area is 84.5 Å². The van der Waals surface area contributed by atoms with Crippen molar-refractivity contribution in [3.8, 4) is 0 Å². The van der Waals surface area contributed by atoms with Crippen LogP contribution in [0.4, 0.5) is 0 Å². The van der Waals surface area contributed by atoms with Gasteiger partial charge in [0, 0.05) is 18.8 Å². The first-order valence-corrected chi connectivity index (χ1v) is 5.67. The van der Waals surface area contributed by atoms with E-state index in [2.05, 4.69) is 14.9 Å². The van der Waals surface area contributed by atoms with Crippen molar-refractivity contribution in [2.75, 3.05) is 6.54 Å². The molecule has 1 unspecified atom stereocenters. The molecule has 1 saturated heterocycles. The van der Waals surface area contributed by atoms with Gasteiger partial charge in [0.05, 0.1) is 12.0 Å². The van der Waals surface area contributed by atoms with Crippen molar-refractivity contribution in [1.29, 1.82) is 0 Å². The van der Waals surface area contributed by atoms with E-state index >= 15 is 0 Å². The lowest BCUT2D eigenvalue weighted by atomic mass is 10.2. The maximum absolute atomic E-state index is 4.27. The Morgan fingerprint density at radius 3 is 3.07 bits per heavy atom. The van der Waals surface area contributed by atoms with Gasteiger partial charge in [0.15, 0.2) is 0 Å². The summed E-state index contributed by atoms with van der Waals surface area (Å²) in [4.78, 5) is 4.27. The molecule has 3 heteroatoms. The average molecular weight is 191 g/mol. The second-order valence-electron chi connectivity index (χ2n) is 4.56. The van der Waals surface area contributed by atoms with Crippen LogP contribution < -0.4 is 5.32 Å². The normalized spacial score (nSPS) is 27.0. The quantitative estimate of drug-likeness (QED) is 0.788. The van der Waals surface area contributed by atoms with E-state index in [0.29, 0.717) is 6.04 Å². The maximum atomic E-state index is 4.27. The van der Waals surface area contributed by atoms with E-state index in [1.807, 2.05) is 12.5 Å². The van der Waals surface area contributed by atoms with Gasteiger partial charge in [-0.3, -0.25) is 0 Å². The van der Waals surface area contributed by atoms with Crippen LogP contribution in [0, 0.1) is 5.92 Å². The van der Waals surface area contributed by atoms with Gasteiger partial charge in [-0.2, -0.15) is 0 Å². The van der Waals surface area contributed by atoms with Crippen LogP contribution in [0.15, 0.2) is 12.5 Å². The van der Waals surface area contributed by atoms with E-state index in [9.17, 15) is 0 Å². The number of hydrogen-bond acceptors (Lipinski definition) is 2. The molecule has 2 aliphatic rings. The summed E-state index contributed by atoms with van der Waals surface area (Å²) >= 11 is 0. The fraction of sp³-hybridized carbons (Fsp3) is 0.727. The Balaban J connectivity index is 1.77. The van der Waals surface area contributed by atoms with Gasteiger partial charge in [0.25, 0.3) is 0 Å². The minimum absolute atomic E-state index is 0.566. The van der Waals surface area contributed by atoms with E-state index in [0.717, 1.165) is 5.92 Å². The molecule has 0 amide bonds. The maximum Gasteiger partial charge on any atom is 0.0948 e. The van der Waals surface area contributed by atoms with Crippen molar-refractivity contribution in [3.05, 3.63) is 18.2 Å². The minimum atomic E-state index is 0.566. The molecule has 1 aliphatic heterocycles. The van der Waals surface area contributed by atoms with Gasteiger partial charge in [-0.1, -0.05) is 0 Å². The lowest BCUT2D eigenvalue weighted by Gasteiger charge is -2.13. The molecule has 3 rings (SSSR count). The molecule has 1 aromatic rings. The van der Waals surface area contributed by atoms with Gasteiger partial charge >= 0.3 is 0 Å². The number of nitrogens with zero attached hydrogens (tertiary/aromatic N) is 2. The van der Waals surface area contributed by atoms with Crippen LogP contribution in [-0.2, 0) is 6.54 Å². The highest BCUT2D eigenvalue weighted by Crippen LogP contribution is 2.32. The number of hydrogen-bond donors (Lipinski definition) is 1. The SMILES string of the molecule is c1ncn(CC2CC2)c1C1CCCN1. The minimum Gasteiger partial charge on any atom is -0.333 e. The summed E-state index contributed by atoms with van der Waals surface area (Å²) in [5, 5.41) is 3.53. The molecule has 3 nitrogen and oxygen atoms in total. The highest BCUT2D eigenvalue weighted by atomic mass is 15.1. The highest BCUT2D eigenvalue weighted by Gasteiger charge is 2.25. The van der Waals surface area contributed by atoms with Crippen LogP contribution in [-0.4, -0.2) is 16.1 Å². The Kier molecular flexibility index (Phi) is 2.05. The van der Waals surface area contributed by atoms with Crippen LogP contribution in [0.5, 0.6) is 0 Å². The molecule has 1 N–H and O–H groups in total.